The maximum absolute atomic E-state index is 9.79. The summed E-state index contributed by atoms with van der Waals surface area (Å²) in [7, 11) is 0. The third kappa shape index (κ3) is 3.49. The van der Waals surface area contributed by atoms with Crippen molar-refractivity contribution in [3.05, 3.63) is 108 Å². The summed E-state index contributed by atoms with van der Waals surface area (Å²) < 4.78 is 0. The molecule has 4 N–H and O–H groups in total. The predicted molar refractivity (Wildman–Crippen MR) is 102 cm³/mol. The van der Waals surface area contributed by atoms with E-state index in [-0.39, 0.29) is 12.6 Å². The van der Waals surface area contributed by atoms with Gasteiger partial charge in [-0.15, -0.1) is 0 Å². The third-order valence-corrected chi connectivity index (χ3v) is 4.55. The molecular formula is C22H24N2O. The maximum Gasteiger partial charge on any atom is 0.0951 e. The molecule has 0 aliphatic rings. The van der Waals surface area contributed by atoms with Gasteiger partial charge in [-0.2, -0.15) is 0 Å². The van der Waals surface area contributed by atoms with E-state index in [2.05, 4.69) is 41.7 Å². The van der Waals surface area contributed by atoms with Crippen LogP contribution in [0.25, 0.3) is 0 Å². The quantitative estimate of drug-likeness (QED) is 0.583. The molecule has 0 bridgehead atoms. The van der Waals surface area contributed by atoms with Crippen molar-refractivity contribution in [2.45, 2.75) is 11.6 Å². The molecule has 0 saturated heterocycles. The Balaban J connectivity index is 2.27. The van der Waals surface area contributed by atoms with Crippen molar-refractivity contribution in [3.8, 4) is 0 Å². The van der Waals surface area contributed by atoms with Crippen molar-refractivity contribution in [3.63, 3.8) is 0 Å². The molecule has 3 rings (SSSR count). The van der Waals surface area contributed by atoms with Crippen LogP contribution in [0, 0.1) is 0 Å². The predicted octanol–water partition coefficient (Wildman–Crippen LogP) is 2.89. The van der Waals surface area contributed by atoms with Gasteiger partial charge in [0.05, 0.1) is 12.1 Å². The molecule has 0 aliphatic heterocycles. The van der Waals surface area contributed by atoms with E-state index in [1.54, 1.807) is 0 Å². The van der Waals surface area contributed by atoms with Crippen molar-refractivity contribution in [2.24, 2.45) is 5.73 Å². The first-order valence-electron chi connectivity index (χ1n) is 8.56. The van der Waals surface area contributed by atoms with Gasteiger partial charge in [-0.1, -0.05) is 91.0 Å². The largest absolute Gasteiger partial charge is 0.395 e. The summed E-state index contributed by atoms with van der Waals surface area (Å²) in [6, 6.07) is 30.7. The average Bonchev–Trinajstić information content (AvgIpc) is 2.71. The third-order valence-electron chi connectivity index (χ3n) is 4.55. The number of nitrogens with two attached hydrogens (primary N) is 1. The Hall–Kier alpha value is -2.46. The standard InChI is InChI=1S/C22H24N2O/c23-16-21(17-25)24-22(18-10-4-1-5-11-18,19-12-6-2-7-13-19)20-14-8-3-9-15-20/h1-15,21,24-25H,16-17,23H2/t21-/m0/s1. The zero-order valence-electron chi connectivity index (χ0n) is 14.2. The summed E-state index contributed by atoms with van der Waals surface area (Å²) in [6.07, 6.45) is 0. The van der Waals surface area contributed by atoms with Gasteiger partial charge in [0.15, 0.2) is 0 Å². The van der Waals surface area contributed by atoms with E-state index >= 15 is 0 Å². The van der Waals surface area contributed by atoms with Gasteiger partial charge >= 0.3 is 0 Å². The Morgan fingerprint density at radius 3 is 1.36 bits per heavy atom. The first-order valence-corrected chi connectivity index (χ1v) is 8.56. The van der Waals surface area contributed by atoms with Gasteiger partial charge < -0.3 is 10.8 Å². The number of aliphatic hydroxyl groups excluding tert-OH is 1. The van der Waals surface area contributed by atoms with E-state index in [1.165, 1.54) is 0 Å². The number of nitrogens with one attached hydrogen (secondary N) is 1. The lowest BCUT2D eigenvalue weighted by atomic mass is 9.76. The zero-order valence-corrected chi connectivity index (χ0v) is 14.2. The Bertz CT molecular complexity index is 659. The summed E-state index contributed by atoms with van der Waals surface area (Å²) in [5.41, 5.74) is 8.65. The van der Waals surface area contributed by atoms with Crippen LogP contribution in [-0.2, 0) is 5.54 Å². The molecule has 3 aromatic carbocycles. The van der Waals surface area contributed by atoms with Crippen LogP contribution in [0.3, 0.4) is 0 Å². The second-order valence-corrected chi connectivity index (χ2v) is 6.11. The molecule has 0 radical (unpaired) electrons. The second kappa shape index (κ2) is 8.08. The van der Waals surface area contributed by atoms with Gasteiger partial charge in [-0.3, -0.25) is 5.32 Å². The first-order chi connectivity index (χ1) is 12.3. The molecule has 1 atom stereocenters. The average molecular weight is 332 g/mol. The van der Waals surface area contributed by atoms with Crippen molar-refractivity contribution in [1.29, 1.82) is 0 Å². The molecule has 3 aromatic rings. The molecule has 0 spiro atoms. The van der Waals surface area contributed by atoms with Gasteiger partial charge in [-0.25, -0.2) is 0 Å². The molecule has 3 heteroatoms. The van der Waals surface area contributed by atoms with Crippen LogP contribution in [0.1, 0.15) is 16.7 Å². The van der Waals surface area contributed by atoms with Crippen molar-refractivity contribution in [2.75, 3.05) is 13.2 Å². The molecule has 0 amide bonds. The normalized spacial score (nSPS) is 12.7. The maximum atomic E-state index is 9.79. The molecule has 25 heavy (non-hydrogen) atoms. The number of aliphatic hydroxyl groups is 1. The summed E-state index contributed by atoms with van der Waals surface area (Å²) in [5.74, 6) is 0. The molecule has 0 aliphatic carbocycles. The number of hydrogen-bond donors (Lipinski definition) is 3. The number of hydrogen-bond acceptors (Lipinski definition) is 3. The van der Waals surface area contributed by atoms with Crippen LogP contribution in [0.4, 0.5) is 0 Å². The highest BCUT2D eigenvalue weighted by Crippen LogP contribution is 2.37. The lowest BCUT2D eigenvalue weighted by Crippen LogP contribution is -2.53. The van der Waals surface area contributed by atoms with Gasteiger partial charge in [0.2, 0.25) is 0 Å². The molecule has 0 aromatic heterocycles. The SMILES string of the molecule is NC[C@@H](CO)NC(c1ccccc1)(c1ccccc1)c1ccccc1. The number of rotatable bonds is 7. The molecule has 0 unspecified atom stereocenters. The lowest BCUT2D eigenvalue weighted by Gasteiger charge is -2.39. The molecule has 0 fully saturated rings. The number of benzene rings is 3. The fraction of sp³-hybridized carbons (Fsp3) is 0.182. The molecule has 3 nitrogen and oxygen atoms in total. The molecule has 0 heterocycles. The molecule has 0 saturated carbocycles. The highest BCUT2D eigenvalue weighted by atomic mass is 16.3. The van der Waals surface area contributed by atoms with Crippen molar-refractivity contribution in [1.82, 2.24) is 5.32 Å². The van der Waals surface area contributed by atoms with E-state index in [0.29, 0.717) is 6.54 Å². The van der Waals surface area contributed by atoms with Crippen LogP contribution in [0.5, 0.6) is 0 Å². The van der Waals surface area contributed by atoms with Gasteiger partial charge in [0.25, 0.3) is 0 Å². The van der Waals surface area contributed by atoms with Gasteiger partial charge in [0.1, 0.15) is 0 Å². The molecule has 128 valence electrons. The van der Waals surface area contributed by atoms with Crippen LogP contribution < -0.4 is 11.1 Å². The smallest absolute Gasteiger partial charge is 0.0951 e. The van der Waals surface area contributed by atoms with Crippen molar-refractivity contribution < 1.29 is 5.11 Å². The Morgan fingerprint density at radius 1 is 0.720 bits per heavy atom. The highest BCUT2D eigenvalue weighted by Gasteiger charge is 2.37. The van der Waals surface area contributed by atoms with Crippen molar-refractivity contribution >= 4 is 0 Å². The monoisotopic (exact) mass is 332 g/mol. The van der Waals surface area contributed by atoms with Crippen LogP contribution in [0.15, 0.2) is 91.0 Å². The van der Waals surface area contributed by atoms with Crippen LogP contribution in [0.2, 0.25) is 0 Å². The highest BCUT2D eigenvalue weighted by molar-refractivity contribution is 5.49. The fourth-order valence-corrected chi connectivity index (χ4v) is 3.30. The van der Waals surface area contributed by atoms with E-state index in [0.717, 1.165) is 16.7 Å². The van der Waals surface area contributed by atoms with Crippen LogP contribution in [-0.4, -0.2) is 24.3 Å². The first kappa shape index (κ1) is 17.4. The van der Waals surface area contributed by atoms with Gasteiger partial charge in [0, 0.05) is 12.6 Å². The van der Waals surface area contributed by atoms with E-state index in [1.807, 2.05) is 54.6 Å². The summed E-state index contributed by atoms with van der Waals surface area (Å²) >= 11 is 0. The minimum atomic E-state index is -0.587. The zero-order chi connectivity index (χ0) is 17.5. The van der Waals surface area contributed by atoms with Gasteiger partial charge in [-0.05, 0) is 16.7 Å². The second-order valence-electron chi connectivity index (χ2n) is 6.11. The van der Waals surface area contributed by atoms with E-state index in [4.69, 9.17) is 5.73 Å². The topological polar surface area (TPSA) is 58.3 Å². The minimum Gasteiger partial charge on any atom is -0.395 e. The Morgan fingerprint density at radius 2 is 1.08 bits per heavy atom. The fourth-order valence-electron chi connectivity index (χ4n) is 3.30. The molecular weight excluding hydrogens is 308 g/mol. The summed E-state index contributed by atoms with van der Waals surface area (Å²) in [6.45, 7) is 0.329. The Labute approximate surface area is 149 Å². The van der Waals surface area contributed by atoms with E-state index in [9.17, 15) is 5.11 Å². The van der Waals surface area contributed by atoms with Crippen LogP contribution >= 0.6 is 0 Å². The van der Waals surface area contributed by atoms with E-state index < -0.39 is 5.54 Å². The minimum absolute atomic E-state index is 0.0231. The Kier molecular flexibility index (Phi) is 5.61. The summed E-state index contributed by atoms with van der Waals surface area (Å²) in [5, 5.41) is 13.4. The lowest BCUT2D eigenvalue weighted by molar-refractivity contribution is 0.225. The summed E-state index contributed by atoms with van der Waals surface area (Å²) in [4.78, 5) is 0.